The van der Waals surface area contributed by atoms with Crippen molar-refractivity contribution < 1.29 is 5.11 Å². The van der Waals surface area contributed by atoms with Crippen LogP contribution in [0.2, 0.25) is 0 Å². The molecule has 110 valence electrons. The van der Waals surface area contributed by atoms with Gasteiger partial charge < -0.3 is 10.4 Å². The van der Waals surface area contributed by atoms with E-state index in [1.165, 1.54) is 42.4 Å². The highest BCUT2D eigenvalue weighted by molar-refractivity contribution is 5.37. The summed E-state index contributed by atoms with van der Waals surface area (Å²) in [6.45, 7) is 5.43. The molecule has 0 aromatic heterocycles. The summed E-state index contributed by atoms with van der Waals surface area (Å²) in [7, 11) is 0. The number of nitrogens with zero attached hydrogens (tertiary/aromatic N) is 1. The van der Waals surface area contributed by atoms with E-state index in [1.807, 2.05) is 0 Å². The Labute approximate surface area is 122 Å². The predicted molar refractivity (Wildman–Crippen MR) is 81.9 cm³/mol. The van der Waals surface area contributed by atoms with Gasteiger partial charge in [-0.25, -0.2) is 0 Å². The number of aliphatic hydroxyl groups is 1. The molecule has 0 spiro atoms. The zero-order chi connectivity index (χ0) is 13.9. The van der Waals surface area contributed by atoms with E-state index in [-0.39, 0.29) is 6.61 Å². The molecule has 1 aromatic carbocycles. The molecule has 20 heavy (non-hydrogen) atoms. The molecule has 0 bridgehead atoms. The van der Waals surface area contributed by atoms with E-state index in [0.29, 0.717) is 12.1 Å². The SMILES string of the molecule is Cc1ccc2c(c1)C(N(CCO)CC1CCCN1)CC2. The van der Waals surface area contributed by atoms with Crippen molar-refractivity contribution in [2.45, 2.75) is 44.7 Å². The third-order valence-electron chi connectivity index (χ3n) is 4.79. The lowest BCUT2D eigenvalue weighted by molar-refractivity contribution is 0.139. The fourth-order valence-corrected chi connectivity index (χ4v) is 3.78. The van der Waals surface area contributed by atoms with Crippen LogP contribution in [0.5, 0.6) is 0 Å². The number of aryl methyl sites for hydroxylation is 2. The minimum Gasteiger partial charge on any atom is -0.395 e. The van der Waals surface area contributed by atoms with Gasteiger partial charge in [-0.2, -0.15) is 0 Å². The molecule has 1 aliphatic heterocycles. The minimum atomic E-state index is 0.254. The second kappa shape index (κ2) is 6.25. The molecule has 2 N–H and O–H groups in total. The van der Waals surface area contributed by atoms with Crippen LogP contribution in [0.15, 0.2) is 18.2 Å². The molecule has 3 nitrogen and oxygen atoms in total. The Morgan fingerprint density at radius 1 is 1.35 bits per heavy atom. The summed E-state index contributed by atoms with van der Waals surface area (Å²) >= 11 is 0. The standard InChI is InChI=1S/C17H26N2O/c1-13-4-5-14-6-7-17(16(14)11-13)19(9-10-20)12-15-3-2-8-18-15/h4-5,11,15,17-18,20H,2-3,6-10,12H2,1H3. The Morgan fingerprint density at radius 3 is 3.00 bits per heavy atom. The van der Waals surface area contributed by atoms with E-state index in [4.69, 9.17) is 0 Å². The van der Waals surface area contributed by atoms with Crippen LogP contribution in [0.4, 0.5) is 0 Å². The van der Waals surface area contributed by atoms with Crippen molar-refractivity contribution >= 4 is 0 Å². The Hall–Kier alpha value is -0.900. The Kier molecular flexibility index (Phi) is 4.39. The first-order valence-electron chi connectivity index (χ1n) is 7.95. The molecule has 0 amide bonds. The van der Waals surface area contributed by atoms with Crippen molar-refractivity contribution in [1.82, 2.24) is 10.2 Å². The Morgan fingerprint density at radius 2 is 2.25 bits per heavy atom. The van der Waals surface area contributed by atoms with Crippen LogP contribution in [0.3, 0.4) is 0 Å². The van der Waals surface area contributed by atoms with Gasteiger partial charge in [-0.15, -0.1) is 0 Å². The molecule has 2 aliphatic rings. The zero-order valence-electron chi connectivity index (χ0n) is 12.4. The molecular formula is C17H26N2O. The first kappa shape index (κ1) is 14.1. The Balaban J connectivity index is 1.76. The third kappa shape index (κ3) is 2.90. The molecule has 1 aliphatic carbocycles. The van der Waals surface area contributed by atoms with Crippen molar-refractivity contribution in [2.75, 3.05) is 26.2 Å². The van der Waals surface area contributed by atoms with Crippen molar-refractivity contribution in [2.24, 2.45) is 0 Å². The normalized spacial score (nSPS) is 25.4. The maximum absolute atomic E-state index is 9.41. The van der Waals surface area contributed by atoms with E-state index < -0.39 is 0 Å². The largest absolute Gasteiger partial charge is 0.395 e. The summed E-state index contributed by atoms with van der Waals surface area (Å²) < 4.78 is 0. The van der Waals surface area contributed by atoms with Crippen LogP contribution in [0, 0.1) is 6.92 Å². The molecule has 3 heteroatoms. The lowest BCUT2D eigenvalue weighted by Gasteiger charge is -2.31. The molecule has 2 atom stereocenters. The molecule has 1 heterocycles. The second-order valence-electron chi connectivity index (χ2n) is 6.27. The number of hydrogen-bond acceptors (Lipinski definition) is 3. The first-order chi connectivity index (χ1) is 9.78. The molecule has 0 saturated carbocycles. The summed E-state index contributed by atoms with van der Waals surface area (Å²) in [5.74, 6) is 0. The average Bonchev–Trinajstić information content (AvgIpc) is 3.07. The van der Waals surface area contributed by atoms with Crippen molar-refractivity contribution in [1.29, 1.82) is 0 Å². The summed E-state index contributed by atoms with van der Waals surface area (Å²) in [6, 6.07) is 7.96. The highest BCUT2D eigenvalue weighted by atomic mass is 16.3. The fourth-order valence-electron chi connectivity index (χ4n) is 3.78. The van der Waals surface area contributed by atoms with Gasteiger partial charge in [-0.05, 0) is 50.3 Å². The molecule has 1 saturated heterocycles. The maximum atomic E-state index is 9.41. The van der Waals surface area contributed by atoms with E-state index in [2.05, 4.69) is 35.3 Å². The van der Waals surface area contributed by atoms with Gasteiger partial charge in [0.25, 0.3) is 0 Å². The van der Waals surface area contributed by atoms with Crippen LogP contribution in [-0.4, -0.2) is 42.3 Å². The number of rotatable bonds is 5. The van der Waals surface area contributed by atoms with Crippen LogP contribution in [0.1, 0.15) is 42.0 Å². The number of benzene rings is 1. The van der Waals surface area contributed by atoms with Crippen molar-refractivity contribution in [3.63, 3.8) is 0 Å². The molecular weight excluding hydrogens is 248 g/mol. The van der Waals surface area contributed by atoms with Gasteiger partial charge in [0.05, 0.1) is 6.61 Å². The predicted octanol–water partition coefficient (Wildman–Crippen LogP) is 2.03. The van der Waals surface area contributed by atoms with Crippen LogP contribution < -0.4 is 5.32 Å². The summed E-state index contributed by atoms with van der Waals surface area (Å²) in [4.78, 5) is 2.49. The molecule has 3 rings (SSSR count). The van der Waals surface area contributed by atoms with Gasteiger partial charge in [-0.3, -0.25) is 4.90 Å². The molecule has 2 unspecified atom stereocenters. The zero-order valence-corrected chi connectivity index (χ0v) is 12.4. The summed E-state index contributed by atoms with van der Waals surface area (Å²) in [5, 5.41) is 13.0. The number of aliphatic hydroxyl groups excluding tert-OH is 1. The van der Waals surface area contributed by atoms with E-state index in [1.54, 1.807) is 0 Å². The lowest BCUT2D eigenvalue weighted by atomic mass is 10.0. The smallest absolute Gasteiger partial charge is 0.0558 e. The minimum absolute atomic E-state index is 0.254. The first-order valence-corrected chi connectivity index (χ1v) is 7.95. The number of hydrogen-bond donors (Lipinski definition) is 2. The topological polar surface area (TPSA) is 35.5 Å². The van der Waals surface area contributed by atoms with Gasteiger partial charge in [0.2, 0.25) is 0 Å². The fraction of sp³-hybridized carbons (Fsp3) is 0.647. The summed E-state index contributed by atoms with van der Waals surface area (Å²) in [5.41, 5.74) is 4.35. The second-order valence-corrected chi connectivity index (χ2v) is 6.27. The third-order valence-corrected chi connectivity index (χ3v) is 4.79. The van der Waals surface area contributed by atoms with E-state index in [9.17, 15) is 5.11 Å². The van der Waals surface area contributed by atoms with Crippen molar-refractivity contribution in [3.05, 3.63) is 34.9 Å². The monoisotopic (exact) mass is 274 g/mol. The van der Waals surface area contributed by atoms with Gasteiger partial charge in [-0.1, -0.05) is 23.8 Å². The molecule has 0 radical (unpaired) electrons. The van der Waals surface area contributed by atoms with Gasteiger partial charge in [0.1, 0.15) is 0 Å². The van der Waals surface area contributed by atoms with Gasteiger partial charge >= 0.3 is 0 Å². The quantitative estimate of drug-likeness (QED) is 0.862. The maximum Gasteiger partial charge on any atom is 0.0558 e. The van der Waals surface area contributed by atoms with Crippen LogP contribution >= 0.6 is 0 Å². The Bertz CT molecular complexity index is 454. The lowest BCUT2D eigenvalue weighted by Crippen LogP contribution is -2.40. The van der Waals surface area contributed by atoms with E-state index >= 15 is 0 Å². The highest BCUT2D eigenvalue weighted by Crippen LogP contribution is 2.36. The van der Waals surface area contributed by atoms with Crippen LogP contribution in [-0.2, 0) is 6.42 Å². The number of fused-ring (bicyclic) bond motifs is 1. The average molecular weight is 274 g/mol. The van der Waals surface area contributed by atoms with Crippen molar-refractivity contribution in [3.8, 4) is 0 Å². The number of nitrogens with one attached hydrogen (secondary N) is 1. The van der Waals surface area contributed by atoms with E-state index in [0.717, 1.165) is 19.6 Å². The van der Waals surface area contributed by atoms with Gasteiger partial charge in [0, 0.05) is 25.2 Å². The highest BCUT2D eigenvalue weighted by Gasteiger charge is 2.29. The molecule has 1 aromatic rings. The van der Waals surface area contributed by atoms with Gasteiger partial charge in [0.15, 0.2) is 0 Å². The molecule has 1 fully saturated rings. The van der Waals surface area contributed by atoms with Crippen LogP contribution in [0.25, 0.3) is 0 Å². The summed E-state index contributed by atoms with van der Waals surface area (Å²) in [6.07, 6.45) is 4.94.